The Bertz CT molecular complexity index is 143. The lowest BCUT2D eigenvalue weighted by Crippen LogP contribution is -1.97. The molecule has 0 heteroatoms. The Kier molecular flexibility index (Phi) is 8.83. The molecule has 0 radical (unpaired) electrons. The molecule has 1 saturated carbocycles. The summed E-state index contributed by atoms with van der Waals surface area (Å²) in [5.74, 6) is 1.96. The van der Waals surface area contributed by atoms with Crippen molar-refractivity contribution < 1.29 is 0 Å². The summed E-state index contributed by atoms with van der Waals surface area (Å²) >= 11 is 0. The lowest BCUT2D eigenvalue weighted by Gasteiger charge is -2.13. The number of rotatable bonds is 0. The summed E-state index contributed by atoms with van der Waals surface area (Å²) in [5, 5.41) is 0. The molecular weight excluding hydrogens is 204 g/mol. The van der Waals surface area contributed by atoms with E-state index >= 15 is 0 Å². The molecule has 1 fully saturated rings. The van der Waals surface area contributed by atoms with Gasteiger partial charge in [-0.3, -0.25) is 0 Å². The van der Waals surface area contributed by atoms with Gasteiger partial charge in [0.25, 0.3) is 0 Å². The van der Waals surface area contributed by atoms with Crippen LogP contribution in [-0.2, 0) is 0 Å². The van der Waals surface area contributed by atoms with E-state index in [1.54, 1.807) is 0 Å². The molecule has 0 aromatic rings. The van der Waals surface area contributed by atoms with Gasteiger partial charge in [0.15, 0.2) is 0 Å². The third-order valence-electron chi connectivity index (χ3n) is 4.54. The molecule has 0 aliphatic heterocycles. The summed E-state index contributed by atoms with van der Waals surface area (Å²) < 4.78 is 0. The normalized spacial score (nSPS) is 31.4. The van der Waals surface area contributed by atoms with Gasteiger partial charge in [-0.1, -0.05) is 97.3 Å². The lowest BCUT2D eigenvalue weighted by molar-refractivity contribution is 0.408. The van der Waals surface area contributed by atoms with Crippen LogP contribution in [-0.4, -0.2) is 0 Å². The second kappa shape index (κ2) is 9.97. The highest BCUT2D eigenvalue weighted by atomic mass is 14.1. The van der Waals surface area contributed by atoms with E-state index in [0.29, 0.717) is 0 Å². The zero-order valence-electron chi connectivity index (χ0n) is 12.3. The molecule has 0 amide bonds. The van der Waals surface area contributed by atoms with Crippen LogP contribution < -0.4 is 0 Å². The first kappa shape index (κ1) is 15.1. The molecule has 0 aromatic carbocycles. The summed E-state index contributed by atoms with van der Waals surface area (Å²) in [4.78, 5) is 0. The van der Waals surface area contributed by atoms with Crippen molar-refractivity contribution in [3.05, 3.63) is 0 Å². The SMILES string of the molecule is CC1CCCCCCCCCC(C)CCCC1. The Labute approximate surface area is 110 Å². The van der Waals surface area contributed by atoms with E-state index in [0.717, 1.165) is 11.8 Å². The van der Waals surface area contributed by atoms with Crippen LogP contribution in [0.4, 0.5) is 0 Å². The van der Waals surface area contributed by atoms with E-state index in [1.807, 2.05) is 0 Å². The summed E-state index contributed by atoms with van der Waals surface area (Å²) in [6.07, 6.45) is 19.3. The quantitative estimate of drug-likeness (QED) is 0.461. The predicted molar refractivity (Wildman–Crippen MR) is 78.3 cm³/mol. The Morgan fingerprint density at radius 2 is 0.647 bits per heavy atom. The van der Waals surface area contributed by atoms with Gasteiger partial charge in [-0.05, 0) is 11.8 Å². The fourth-order valence-corrected chi connectivity index (χ4v) is 3.14. The minimum absolute atomic E-state index is 0.982. The van der Waals surface area contributed by atoms with Crippen LogP contribution in [0.1, 0.15) is 97.3 Å². The van der Waals surface area contributed by atoms with Crippen LogP contribution in [0.2, 0.25) is 0 Å². The van der Waals surface area contributed by atoms with Gasteiger partial charge in [-0.15, -0.1) is 0 Å². The standard InChI is InChI=1S/C17H34/c1-16-12-8-6-4-3-5-7-9-13-17(2)15-11-10-14-16/h16-17H,3-15H2,1-2H3. The topological polar surface area (TPSA) is 0 Å². The van der Waals surface area contributed by atoms with Gasteiger partial charge in [-0.25, -0.2) is 0 Å². The molecular formula is C17H34. The maximum atomic E-state index is 2.46. The van der Waals surface area contributed by atoms with E-state index in [-0.39, 0.29) is 0 Å². The number of hydrogen-bond acceptors (Lipinski definition) is 0. The Morgan fingerprint density at radius 3 is 1.00 bits per heavy atom. The Balaban J connectivity index is 2.19. The first-order chi connectivity index (χ1) is 8.29. The van der Waals surface area contributed by atoms with Gasteiger partial charge < -0.3 is 0 Å². The van der Waals surface area contributed by atoms with Gasteiger partial charge in [0.2, 0.25) is 0 Å². The fraction of sp³-hybridized carbons (Fsp3) is 1.00. The van der Waals surface area contributed by atoms with E-state index in [9.17, 15) is 0 Å². The molecule has 1 aliphatic carbocycles. The summed E-state index contributed by atoms with van der Waals surface area (Å²) in [5.41, 5.74) is 0. The molecule has 0 nitrogen and oxygen atoms in total. The van der Waals surface area contributed by atoms with E-state index in [2.05, 4.69) is 13.8 Å². The molecule has 1 aliphatic rings. The van der Waals surface area contributed by atoms with E-state index in [1.165, 1.54) is 83.5 Å². The molecule has 2 atom stereocenters. The molecule has 1 rings (SSSR count). The molecule has 0 saturated heterocycles. The zero-order valence-corrected chi connectivity index (χ0v) is 12.3. The first-order valence-electron chi connectivity index (χ1n) is 8.29. The molecule has 2 unspecified atom stereocenters. The second-order valence-corrected chi connectivity index (χ2v) is 6.55. The maximum Gasteiger partial charge on any atom is -0.0443 e. The fourth-order valence-electron chi connectivity index (χ4n) is 3.14. The highest BCUT2D eigenvalue weighted by Crippen LogP contribution is 2.22. The van der Waals surface area contributed by atoms with Gasteiger partial charge in [0.1, 0.15) is 0 Å². The van der Waals surface area contributed by atoms with Gasteiger partial charge in [-0.2, -0.15) is 0 Å². The van der Waals surface area contributed by atoms with Crippen molar-refractivity contribution in [2.24, 2.45) is 11.8 Å². The van der Waals surface area contributed by atoms with Crippen molar-refractivity contribution in [1.29, 1.82) is 0 Å². The molecule has 0 N–H and O–H groups in total. The van der Waals surface area contributed by atoms with E-state index in [4.69, 9.17) is 0 Å². The van der Waals surface area contributed by atoms with Crippen LogP contribution >= 0.6 is 0 Å². The predicted octanol–water partition coefficient (Wildman–Crippen LogP) is 6.34. The molecule has 17 heavy (non-hydrogen) atoms. The van der Waals surface area contributed by atoms with Crippen molar-refractivity contribution in [1.82, 2.24) is 0 Å². The lowest BCUT2D eigenvalue weighted by atomic mass is 9.94. The Hall–Kier alpha value is 0. The van der Waals surface area contributed by atoms with Crippen LogP contribution in [0, 0.1) is 11.8 Å². The molecule has 102 valence electrons. The summed E-state index contributed by atoms with van der Waals surface area (Å²) in [7, 11) is 0. The van der Waals surface area contributed by atoms with Crippen LogP contribution in [0.5, 0.6) is 0 Å². The van der Waals surface area contributed by atoms with E-state index < -0.39 is 0 Å². The second-order valence-electron chi connectivity index (χ2n) is 6.55. The summed E-state index contributed by atoms with van der Waals surface area (Å²) in [6.45, 7) is 4.92. The van der Waals surface area contributed by atoms with Crippen molar-refractivity contribution in [3.63, 3.8) is 0 Å². The van der Waals surface area contributed by atoms with Crippen molar-refractivity contribution in [3.8, 4) is 0 Å². The average molecular weight is 238 g/mol. The van der Waals surface area contributed by atoms with Gasteiger partial charge in [0.05, 0.1) is 0 Å². The number of hydrogen-bond donors (Lipinski definition) is 0. The minimum atomic E-state index is 0.982. The van der Waals surface area contributed by atoms with Crippen molar-refractivity contribution in [2.75, 3.05) is 0 Å². The maximum absolute atomic E-state index is 2.46. The Morgan fingerprint density at radius 1 is 0.412 bits per heavy atom. The van der Waals surface area contributed by atoms with Crippen LogP contribution in [0.15, 0.2) is 0 Å². The van der Waals surface area contributed by atoms with Crippen LogP contribution in [0.25, 0.3) is 0 Å². The smallest absolute Gasteiger partial charge is 0.0443 e. The highest BCUT2D eigenvalue weighted by Gasteiger charge is 2.05. The minimum Gasteiger partial charge on any atom is -0.0625 e. The zero-order chi connectivity index (χ0) is 12.3. The monoisotopic (exact) mass is 238 g/mol. The highest BCUT2D eigenvalue weighted by molar-refractivity contribution is 4.59. The third-order valence-corrected chi connectivity index (χ3v) is 4.54. The molecule has 0 heterocycles. The van der Waals surface area contributed by atoms with Gasteiger partial charge >= 0.3 is 0 Å². The molecule has 0 aromatic heterocycles. The van der Waals surface area contributed by atoms with Crippen LogP contribution in [0.3, 0.4) is 0 Å². The average Bonchev–Trinajstić information content (AvgIpc) is 2.32. The first-order valence-corrected chi connectivity index (χ1v) is 8.29. The molecule has 0 bridgehead atoms. The van der Waals surface area contributed by atoms with Crippen molar-refractivity contribution in [2.45, 2.75) is 97.3 Å². The summed E-state index contributed by atoms with van der Waals surface area (Å²) in [6, 6.07) is 0. The van der Waals surface area contributed by atoms with Crippen molar-refractivity contribution >= 4 is 0 Å². The third kappa shape index (κ3) is 8.69. The molecule has 0 spiro atoms. The largest absolute Gasteiger partial charge is 0.0625 e. The van der Waals surface area contributed by atoms with Gasteiger partial charge in [0, 0.05) is 0 Å².